The lowest BCUT2D eigenvalue weighted by atomic mass is 10.2. The molecule has 0 atom stereocenters. The van der Waals surface area contributed by atoms with Gasteiger partial charge in [-0.25, -0.2) is 0 Å². The molecule has 1 radical (unpaired) electrons. The van der Waals surface area contributed by atoms with E-state index in [4.69, 9.17) is 13.5 Å². The van der Waals surface area contributed by atoms with E-state index >= 15 is 0 Å². The quantitative estimate of drug-likeness (QED) is 0.468. The monoisotopic (exact) mass is 348 g/mol. The predicted octanol–water partition coefficient (Wildman–Crippen LogP) is 1.15. The SMILES string of the molecule is O=[N+]([O-])c1ccc(-c2[c]cc(S(=O)(=O)O)cc2S(=O)(=O)O)o1. The first-order valence-corrected chi connectivity index (χ1v) is 8.13. The summed E-state index contributed by atoms with van der Waals surface area (Å²) in [7, 11) is -9.65. The Labute approximate surface area is 123 Å². The number of hydrogen-bond donors (Lipinski definition) is 2. The zero-order valence-corrected chi connectivity index (χ0v) is 12.0. The van der Waals surface area contributed by atoms with Crippen LogP contribution in [0.4, 0.5) is 5.88 Å². The van der Waals surface area contributed by atoms with Crippen molar-refractivity contribution >= 4 is 26.1 Å². The molecule has 0 aliphatic rings. The van der Waals surface area contributed by atoms with E-state index in [1.807, 2.05) is 0 Å². The Balaban J connectivity index is 2.73. The molecule has 1 aromatic carbocycles. The summed E-state index contributed by atoms with van der Waals surface area (Å²) in [5, 5.41) is 10.5. The van der Waals surface area contributed by atoms with Crippen molar-refractivity contribution < 1.29 is 35.3 Å². The topological polar surface area (TPSA) is 165 Å². The highest BCUT2D eigenvalue weighted by Gasteiger charge is 2.24. The van der Waals surface area contributed by atoms with E-state index in [0.717, 1.165) is 18.2 Å². The highest BCUT2D eigenvalue weighted by atomic mass is 32.2. The lowest BCUT2D eigenvalue weighted by molar-refractivity contribution is -0.401. The molecule has 10 nitrogen and oxygen atoms in total. The van der Waals surface area contributed by atoms with Crippen molar-refractivity contribution in [1.82, 2.24) is 0 Å². The molecule has 2 N–H and O–H groups in total. The van der Waals surface area contributed by atoms with Crippen LogP contribution in [0.15, 0.2) is 38.5 Å². The predicted molar refractivity (Wildman–Crippen MR) is 69.3 cm³/mol. The van der Waals surface area contributed by atoms with Gasteiger partial charge in [0.25, 0.3) is 20.2 Å². The molecular formula is C10H6NO9S2. The molecule has 0 bridgehead atoms. The maximum Gasteiger partial charge on any atom is 0.433 e. The lowest BCUT2D eigenvalue weighted by Crippen LogP contribution is -2.05. The normalized spacial score (nSPS) is 12.3. The molecule has 2 aromatic rings. The van der Waals surface area contributed by atoms with Gasteiger partial charge < -0.3 is 4.42 Å². The molecule has 0 spiro atoms. The third kappa shape index (κ3) is 3.14. The minimum atomic E-state index is -4.91. The molecular weight excluding hydrogens is 342 g/mol. The average molecular weight is 348 g/mol. The van der Waals surface area contributed by atoms with E-state index in [1.54, 1.807) is 0 Å². The molecule has 2 rings (SSSR count). The molecule has 0 aliphatic carbocycles. The van der Waals surface area contributed by atoms with Crippen LogP contribution < -0.4 is 0 Å². The van der Waals surface area contributed by atoms with Crippen molar-refractivity contribution in [2.75, 3.05) is 0 Å². The summed E-state index contributed by atoms with van der Waals surface area (Å²) in [5.41, 5.74) is -0.428. The van der Waals surface area contributed by atoms with Crippen LogP contribution >= 0.6 is 0 Å². The second-order valence-electron chi connectivity index (χ2n) is 3.92. The van der Waals surface area contributed by atoms with Gasteiger partial charge >= 0.3 is 5.88 Å². The number of furan rings is 1. The average Bonchev–Trinajstić information content (AvgIpc) is 2.85. The Morgan fingerprint density at radius 3 is 2.23 bits per heavy atom. The van der Waals surface area contributed by atoms with Gasteiger partial charge in [-0.15, -0.1) is 0 Å². The first-order valence-electron chi connectivity index (χ1n) is 5.25. The lowest BCUT2D eigenvalue weighted by Gasteiger charge is -2.05. The van der Waals surface area contributed by atoms with Gasteiger partial charge in [0.2, 0.25) is 0 Å². The van der Waals surface area contributed by atoms with Gasteiger partial charge in [-0.2, -0.15) is 16.8 Å². The minimum Gasteiger partial charge on any atom is -0.401 e. The van der Waals surface area contributed by atoms with Crippen molar-refractivity contribution in [1.29, 1.82) is 0 Å². The fourth-order valence-electron chi connectivity index (χ4n) is 1.56. The van der Waals surface area contributed by atoms with E-state index in [1.165, 1.54) is 0 Å². The molecule has 0 unspecified atom stereocenters. The summed E-state index contributed by atoms with van der Waals surface area (Å²) < 4.78 is 67.5. The highest BCUT2D eigenvalue weighted by molar-refractivity contribution is 7.86. The van der Waals surface area contributed by atoms with Crippen molar-refractivity contribution in [3.05, 3.63) is 40.4 Å². The number of rotatable bonds is 4. The summed E-state index contributed by atoms with van der Waals surface area (Å²) in [6, 6.07) is 5.39. The highest BCUT2D eigenvalue weighted by Crippen LogP contribution is 2.32. The van der Waals surface area contributed by atoms with E-state index in [9.17, 15) is 26.9 Å². The van der Waals surface area contributed by atoms with Crippen LogP contribution in [0.25, 0.3) is 11.3 Å². The smallest absolute Gasteiger partial charge is 0.401 e. The number of hydrogen-bond acceptors (Lipinski definition) is 7. The second-order valence-corrected chi connectivity index (χ2v) is 6.73. The first-order chi connectivity index (χ1) is 10.00. The second kappa shape index (κ2) is 5.17. The fourth-order valence-corrected chi connectivity index (χ4v) is 2.81. The number of benzene rings is 1. The first kappa shape index (κ1) is 16.1. The maximum atomic E-state index is 11.3. The van der Waals surface area contributed by atoms with E-state index < -0.39 is 46.4 Å². The molecule has 0 fully saturated rings. The standard InChI is InChI=1S/C10H6NO9S2/c12-11(13)10-4-3-8(20-10)7-2-1-6(21(14,15)16)5-9(7)22(17,18)19/h1,3-5H,(H,14,15,16)(H,17,18,19). The van der Waals surface area contributed by atoms with E-state index in [-0.39, 0.29) is 5.76 Å². The molecule has 1 aromatic heterocycles. The van der Waals surface area contributed by atoms with Gasteiger partial charge in [0, 0.05) is 5.56 Å². The molecule has 1 heterocycles. The Morgan fingerprint density at radius 1 is 1.14 bits per heavy atom. The van der Waals surface area contributed by atoms with Gasteiger partial charge in [-0.1, -0.05) is 0 Å². The Hall–Kier alpha value is -2.28. The third-order valence-corrected chi connectivity index (χ3v) is 4.18. The Morgan fingerprint density at radius 2 is 1.77 bits per heavy atom. The van der Waals surface area contributed by atoms with Crippen LogP contribution in [0.2, 0.25) is 0 Å². The zero-order valence-electron chi connectivity index (χ0n) is 10.3. The van der Waals surface area contributed by atoms with Crippen LogP contribution in [0, 0.1) is 16.2 Å². The minimum absolute atomic E-state index is 0.332. The van der Waals surface area contributed by atoms with Crippen molar-refractivity contribution in [2.45, 2.75) is 9.79 Å². The molecule has 0 amide bonds. The van der Waals surface area contributed by atoms with Gasteiger partial charge in [-0.05, 0) is 24.3 Å². The van der Waals surface area contributed by atoms with Crippen LogP contribution in [0.1, 0.15) is 0 Å². The van der Waals surface area contributed by atoms with E-state index in [0.29, 0.717) is 6.07 Å². The van der Waals surface area contributed by atoms with Crippen LogP contribution in [0.5, 0.6) is 0 Å². The summed E-state index contributed by atoms with van der Waals surface area (Å²) >= 11 is 0. The van der Waals surface area contributed by atoms with Gasteiger partial charge in [0.15, 0.2) is 0 Å². The molecule has 22 heavy (non-hydrogen) atoms. The molecule has 12 heteroatoms. The maximum absolute atomic E-state index is 11.3. The summed E-state index contributed by atoms with van der Waals surface area (Å²) in [5.74, 6) is -1.02. The van der Waals surface area contributed by atoms with Crippen LogP contribution in [-0.2, 0) is 20.2 Å². The van der Waals surface area contributed by atoms with Crippen molar-refractivity contribution in [3.8, 4) is 11.3 Å². The van der Waals surface area contributed by atoms with Crippen LogP contribution in [-0.4, -0.2) is 30.9 Å². The van der Waals surface area contributed by atoms with Gasteiger partial charge in [0.05, 0.1) is 11.0 Å². The van der Waals surface area contributed by atoms with Gasteiger partial charge in [0.1, 0.15) is 15.6 Å². The Kier molecular flexibility index (Phi) is 3.78. The summed E-state index contributed by atoms with van der Waals surface area (Å²) in [6.45, 7) is 0. The summed E-state index contributed by atoms with van der Waals surface area (Å²) in [4.78, 5) is 7.90. The van der Waals surface area contributed by atoms with Crippen LogP contribution in [0.3, 0.4) is 0 Å². The Bertz CT molecular complexity index is 956. The van der Waals surface area contributed by atoms with E-state index in [2.05, 4.69) is 6.07 Å². The molecule has 0 saturated heterocycles. The molecule has 0 aliphatic heterocycles. The van der Waals surface area contributed by atoms with Gasteiger partial charge in [-0.3, -0.25) is 19.2 Å². The molecule has 117 valence electrons. The largest absolute Gasteiger partial charge is 0.433 e. The number of nitro groups is 1. The zero-order chi connectivity index (χ0) is 16.7. The summed E-state index contributed by atoms with van der Waals surface area (Å²) in [6.07, 6.45) is 0. The molecule has 0 saturated carbocycles. The van der Waals surface area contributed by atoms with Crippen molar-refractivity contribution in [2.24, 2.45) is 0 Å². The number of nitrogens with zero attached hydrogens (tertiary/aromatic N) is 1. The van der Waals surface area contributed by atoms with Crippen molar-refractivity contribution in [3.63, 3.8) is 0 Å². The fraction of sp³-hybridized carbons (Fsp3) is 0. The third-order valence-electron chi connectivity index (χ3n) is 2.47.